The highest BCUT2D eigenvalue weighted by Gasteiger charge is 2.10. The summed E-state index contributed by atoms with van der Waals surface area (Å²) in [5.41, 5.74) is 1.64. The third-order valence-electron chi connectivity index (χ3n) is 3.04. The second kappa shape index (κ2) is 6.85. The number of carbonyl (C=O) groups is 1. The van der Waals surface area contributed by atoms with Gasteiger partial charge in [-0.2, -0.15) is 0 Å². The van der Waals surface area contributed by atoms with Crippen LogP contribution in [-0.4, -0.2) is 19.5 Å². The molecule has 0 aliphatic rings. The second-order valence-corrected chi connectivity index (χ2v) is 6.84. The van der Waals surface area contributed by atoms with Gasteiger partial charge in [0.05, 0.1) is 16.7 Å². The average Bonchev–Trinajstić information content (AvgIpc) is 2.48. The van der Waals surface area contributed by atoms with Gasteiger partial charge in [-0.1, -0.05) is 23.7 Å². The number of aryl methyl sites for hydroxylation is 1. The molecule has 0 aromatic heterocycles. The summed E-state index contributed by atoms with van der Waals surface area (Å²) >= 11 is 5.76. The summed E-state index contributed by atoms with van der Waals surface area (Å²) in [7, 11) is -3.71. The Labute approximate surface area is 139 Å². The van der Waals surface area contributed by atoms with Crippen molar-refractivity contribution in [3.63, 3.8) is 0 Å². The number of carboxylic acids is 1. The zero-order chi connectivity index (χ0) is 17.0. The van der Waals surface area contributed by atoms with Gasteiger partial charge >= 0.3 is 5.97 Å². The number of sulfonamides is 1. The quantitative estimate of drug-likeness (QED) is 0.859. The van der Waals surface area contributed by atoms with Gasteiger partial charge in [0, 0.05) is 5.02 Å². The Kier molecular flexibility index (Phi) is 5.08. The lowest BCUT2D eigenvalue weighted by molar-refractivity contribution is 0.0697. The molecule has 2 N–H and O–H groups in total. The Morgan fingerprint density at radius 2 is 1.83 bits per heavy atom. The lowest BCUT2D eigenvalue weighted by Gasteiger charge is -2.08. The number of anilines is 1. The van der Waals surface area contributed by atoms with Crippen molar-refractivity contribution in [1.82, 2.24) is 0 Å². The van der Waals surface area contributed by atoms with Gasteiger partial charge in [0.25, 0.3) is 10.0 Å². The molecule has 2 aromatic rings. The molecular weight excluding hydrogens is 338 g/mol. The summed E-state index contributed by atoms with van der Waals surface area (Å²) < 4.78 is 26.5. The van der Waals surface area contributed by atoms with E-state index in [2.05, 4.69) is 4.72 Å². The first-order valence-corrected chi connectivity index (χ1v) is 8.50. The van der Waals surface area contributed by atoms with Crippen molar-refractivity contribution in [2.75, 3.05) is 4.72 Å². The number of benzene rings is 2. The van der Waals surface area contributed by atoms with E-state index >= 15 is 0 Å². The van der Waals surface area contributed by atoms with Crippen molar-refractivity contribution < 1.29 is 18.3 Å². The lowest BCUT2D eigenvalue weighted by atomic mass is 10.1. The van der Waals surface area contributed by atoms with Crippen LogP contribution in [-0.2, 0) is 10.0 Å². The summed E-state index contributed by atoms with van der Waals surface area (Å²) in [5, 5.41) is 10.5. The minimum atomic E-state index is -3.71. The molecule has 2 aromatic carbocycles. The number of halogens is 1. The minimum Gasteiger partial charge on any atom is -0.478 e. The van der Waals surface area contributed by atoms with E-state index in [1.54, 1.807) is 31.2 Å². The van der Waals surface area contributed by atoms with Crippen molar-refractivity contribution >= 4 is 39.4 Å². The molecule has 0 radical (unpaired) electrons. The Balaban J connectivity index is 2.18. The Morgan fingerprint density at radius 1 is 1.17 bits per heavy atom. The zero-order valence-corrected chi connectivity index (χ0v) is 13.7. The summed E-state index contributed by atoms with van der Waals surface area (Å²) in [6.45, 7) is 1.63. The van der Waals surface area contributed by atoms with Crippen molar-refractivity contribution in [1.29, 1.82) is 0 Å². The van der Waals surface area contributed by atoms with Crippen LogP contribution in [0.2, 0.25) is 5.02 Å². The monoisotopic (exact) mass is 351 g/mol. The number of nitrogens with one attached hydrogen (secondary N) is 1. The SMILES string of the molecule is Cc1cc(C(=O)O)ccc1NS(=O)(=O)/C=C/c1ccc(Cl)cc1. The van der Waals surface area contributed by atoms with Crippen LogP contribution in [0.5, 0.6) is 0 Å². The topological polar surface area (TPSA) is 83.5 Å². The highest BCUT2D eigenvalue weighted by Crippen LogP contribution is 2.19. The number of hydrogen-bond acceptors (Lipinski definition) is 3. The van der Waals surface area contributed by atoms with Crippen LogP contribution < -0.4 is 4.72 Å². The molecule has 5 nitrogen and oxygen atoms in total. The maximum atomic E-state index is 12.1. The van der Waals surface area contributed by atoms with E-state index in [1.807, 2.05) is 0 Å². The van der Waals surface area contributed by atoms with Crippen molar-refractivity contribution in [2.24, 2.45) is 0 Å². The number of hydrogen-bond donors (Lipinski definition) is 2. The highest BCUT2D eigenvalue weighted by molar-refractivity contribution is 7.95. The van der Waals surface area contributed by atoms with Gasteiger partial charge in [0.15, 0.2) is 0 Å². The first kappa shape index (κ1) is 17.1. The maximum Gasteiger partial charge on any atom is 0.335 e. The van der Waals surface area contributed by atoms with E-state index in [9.17, 15) is 13.2 Å². The Hall–Kier alpha value is -2.31. The van der Waals surface area contributed by atoms with Crippen LogP contribution in [0.15, 0.2) is 47.9 Å². The third kappa shape index (κ3) is 4.84. The van der Waals surface area contributed by atoms with E-state index in [-0.39, 0.29) is 5.56 Å². The predicted molar refractivity (Wildman–Crippen MR) is 91.2 cm³/mol. The average molecular weight is 352 g/mol. The molecule has 0 amide bonds. The zero-order valence-electron chi connectivity index (χ0n) is 12.2. The predicted octanol–water partition coefficient (Wildman–Crippen LogP) is 3.76. The van der Waals surface area contributed by atoms with E-state index in [1.165, 1.54) is 24.3 Å². The molecule has 0 unspecified atom stereocenters. The van der Waals surface area contributed by atoms with E-state index < -0.39 is 16.0 Å². The molecule has 23 heavy (non-hydrogen) atoms. The van der Waals surface area contributed by atoms with E-state index in [4.69, 9.17) is 16.7 Å². The van der Waals surface area contributed by atoms with E-state index in [0.717, 1.165) is 5.41 Å². The van der Waals surface area contributed by atoms with Crippen molar-refractivity contribution in [3.8, 4) is 0 Å². The largest absolute Gasteiger partial charge is 0.478 e. The summed E-state index contributed by atoms with van der Waals surface area (Å²) in [6.07, 6.45) is 1.44. The van der Waals surface area contributed by atoms with Crippen LogP contribution in [0.4, 0.5) is 5.69 Å². The molecule has 0 aliphatic carbocycles. The number of aromatic carboxylic acids is 1. The Bertz CT molecular complexity index is 858. The molecule has 0 heterocycles. The standard InChI is InChI=1S/C16H14ClNO4S/c1-11-10-13(16(19)20)4-7-15(11)18-23(21,22)9-8-12-2-5-14(17)6-3-12/h2-10,18H,1H3,(H,19,20)/b9-8+. The molecule has 0 aliphatic heterocycles. The van der Waals surface area contributed by atoms with Crippen molar-refractivity contribution in [2.45, 2.75) is 6.92 Å². The number of carboxylic acid groups (broad SMARTS) is 1. The third-order valence-corrected chi connectivity index (χ3v) is 4.29. The van der Waals surface area contributed by atoms with Gasteiger partial charge in [0.2, 0.25) is 0 Å². The fourth-order valence-electron chi connectivity index (χ4n) is 1.84. The molecule has 0 saturated carbocycles. The van der Waals surface area contributed by atoms with Crippen LogP contribution in [0, 0.1) is 6.92 Å². The molecule has 2 rings (SSSR count). The maximum absolute atomic E-state index is 12.1. The van der Waals surface area contributed by atoms with Gasteiger partial charge in [-0.25, -0.2) is 13.2 Å². The van der Waals surface area contributed by atoms with Gasteiger partial charge in [-0.3, -0.25) is 4.72 Å². The molecule has 0 fully saturated rings. The van der Waals surface area contributed by atoms with E-state index in [0.29, 0.717) is 21.8 Å². The van der Waals surface area contributed by atoms with Gasteiger partial charge < -0.3 is 5.11 Å². The summed E-state index contributed by atoms with van der Waals surface area (Å²) in [6, 6.07) is 10.9. The molecule has 0 bridgehead atoms. The first-order valence-electron chi connectivity index (χ1n) is 6.57. The van der Waals surface area contributed by atoms with Crippen LogP contribution in [0.1, 0.15) is 21.5 Å². The van der Waals surface area contributed by atoms with Crippen molar-refractivity contribution in [3.05, 3.63) is 69.6 Å². The van der Waals surface area contributed by atoms with Gasteiger partial charge in [-0.15, -0.1) is 0 Å². The van der Waals surface area contributed by atoms with Crippen LogP contribution in [0.3, 0.4) is 0 Å². The molecule has 0 saturated heterocycles. The molecular formula is C16H14ClNO4S. The lowest BCUT2D eigenvalue weighted by Crippen LogP contribution is -2.10. The van der Waals surface area contributed by atoms with Gasteiger partial charge in [0.1, 0.15) is 0 Å². The Morgan fingerprint density at radius 3 is 2.39 bits per heavy atom. The highest BCUT2D eigenvalue weighted by atomic mass is 35.5. The van der Waals surface area contributed by atoms with Gasteiger partial charge in [-0.05, 0) is 54.5 Å². The smallest absolute Gasteiger partial charge is 0.335 e. The summed E-state index contributed by atoms with van der Waals surface area (Å²) in [4.78, 5) is 10.9. The molecule has 120 valence electrons. The number of rotatable bonds is 5. The minimum absolute atomic E-state index is 0.0992. The molecule has 7 heteroatoms. The molecule has 0 atom stereocenters. The molecule has 0 spiro atoms. The fraction of sp³-hybridized carbons (Fsp3) is 0.0625. The second-order valence-electron chi connectivity index (χ2n) is 4.84. The summed E-state index contributed by atoms with van der Waals surface area (Å²) in [5.74, 6) is -1.06. The van der Waals surface area contributed by atoms with Crippen LogP contribution in [0.25, 0.3) is 6.08 Å². The first-order chi connectivity index (χ1) is 10.8. The van der Waals surface area contributed by atoms with Crippen LogP contribution >= 0.6 is 11.6 Å². The fourth-order valence-corrected chi connectivity index (χ4v) is 2.91. The normalized spacial score (nSPS) is 11.6.